The lowest BCUT2D eigenvalue weighted by atomic mass is 10.2. The van der Waals surface area contributed by atoms with Gasteiger partial charge in [-0.1, -0.05) is 12.1 Å². The lowest BCUT2D eigenvalue weighted by Gasteiger charge is -2.14. The number of amides is 1. The second-order valence-electron chi connectivity index (χ2n) is 3.86. The van der Waals surface area contributed by atoms with Crippen LogP contribution in [0.25, 0.3) is 0 Å². The molecule has 0 radical (unpaired) electrons. The fraction of sp³-hybridized carbons (Fsp3) is 0.462. The minimum absolute atomic E-state index is 0.136. The number of methoxy groups -OCH3 is 1. The Balaban J connectivity index is 2.43. The van der Waals surface area contributed by atoms with Crippen LogP contribution >= 0.6 is 0 Å². The Bertz CT molecular complexity index is 365. The summed E-state index contributed by atoms with van der Waals surface area (Å²) in [7, 11) is 1.60. The summed E-state index contributed by atoms with van der Waals surface area (Å²) in [5.74, 6) is 0.572. The van der Waals surface area contributed by atoms with E-state index in [1.165, 1.54) is 0 Å². The largest absolute Gasteiger partial charge is 0.481 e. The third-order valence-electron chi connectivity index (χ3n) is 2.28. The molecule has 17 heavy (non-hydrogen) atoms. The fourth-order valence-corrected chi connectivity index (χ4v) is 1.37. The highest BCUT2D eigenvalue weighted by molar-refractivity contribution is 5.80. The molecule has 0 aliphatic heterocycles. The van der Waals surface area contributed by atoms with Crippen molar-refractivity contribution < 1.29 is 14.3 Å². The van der Waals surface area contributed by atoms with Gasteiger partial charge in [-0.3, -0.25) is 4.79 Å². The van der Waals surface area contributed by atoms with Gasteiger partial charge in [0.2, 0.25) is 0 Å². The Morgan fingerprint density at radius 3 is 2.88 bits per heavy atom. The zero-order chi connectivity index (χ0) is 12.7. The van der Waals surface area contributed by atoms with Gasteiger partial charge < -0.3 is 14.8 Å². The third kappa shape index (κ3) is 4.87. The van der Waals surface area contributed by atoms with Crippen molar-refractivity contribution in [3.63, 3.8) is 0 Å². The van der Waals surface area contributed by atoms with Gasteiger partial charge in [0, 0.05) is 13.7 Å². The predicted octanol–water partition coefficient (Wildman–Crippen LogP) is 1.52. The van der Waals surface area contributed by atoms with Gasteiger partial charge in [-0.15, -0.1) is 0 Å². The molecule has 0 aliphatic rings. The first kappa shape index (κ1) is 13.5. The lowest BCUT2D eigenvalue weighted by molar-refractivity contribution is -0.127. The van der Waals surface area contributed by atoms with Crippen LogP contribution in [-0.4, -0.2) is 32.3 Å². The molecule has 0 spiro atoms. The first-order valence-electron chi connectivity index (χ1n) is 5.63. The molecule has 0 saturated heterocycles. The zero-order valence-electron chi connectivity index (χ0n) is 10.5. The van der Waals surface area contributed by atoms with Gasteiger partial charge >= 0.3 is 0 Å². The number of hydrogen-bond acceptors (Lipinski definition) is 3. The van der Waals surface area contributed by atoms with Crippen molar-refractivity contribution in [3.8, 4) is 5.75 Å². The van der Waals surface area contributed by atoms with Crippen LogP contribution in [0.5, 0.6) is 5.75 Å². The average Bonchev–Trinajstić information content (AvgIpc) is 2.29. The molecule has 0 saturated carbocycles. The molecule has 94 valence electrons. The van der Waals surface area contributed by atoms with Gasteiger partial charge in [-0.05, 0) is 31.5 Å². The molecule has 1 aromatic rings. The van der Waals surface area contributed by atoms with E-state index in [2.05, 4.69) is 5.32 Å². The molecule has 0 fully saturated rings. The monoisotopic (exact) mass is 237 g/mol. The van der Waals surface area contributed by atoms with Crippen molar-refractivity contribution in [2.75, 3.05) is 20.3 Å². The predicted molar refractivity (Wildman–Crippen MR) is 66.2 cm³/mol. The van der Waals surface area contributed by atoms with Crippen LogP contribution in [0, 0.1) is 6.92 Å². The van der Waals surface area contributed by atoms with E-state index in [-0.39, 0.29) is 5.91 Å². The summed E-state index contributed by atoms with van der Waals surface area (Å²) in [4.78, 5) is 11.6. The van der Waals surface area contributed by atoms with E-state index >= 15 is 0 Å². The van der Waals surface area contributed by atoms with Crippen molar-refractivity contribution in [2.45, 2.75) is 20.0 Å². The maximum absolute atomic E-state index is 11.6. The molecule has 0 bridgehead atoms. The fourth-order valence-electron chi connectivity index (χ4n) is 1.37. The SMILES string of the molecule is COCCNC(=O)[C@@H](C)Oc1cccc(C)c1. The summed E-state index contributed by atoms with van der Waals surface area (Å²) in [6.45, 7) is 4.71. The van der Waals surface area contributed by atoms with Gasteiger partial charge in [-0.25, -0.2) is 0 Å². The van der Waals surface area contributed by atoms with E-state index in [9.17, 15) is 4.79 Å². The van der Waals surface area contributed by atoms with Crippen LogP contribution in [0.4, 0.5) is 0 Å². The third-order valence-corrected chi connectivity index (χ3v) is 2.28. The molecule has 1 N–H and O–H groups in total. The number of rotatable bonds is 6. The molecule has 1 rings (SSSR count). The Morgan fingerprint density at radius 2 is 2.24 bits per heavy atom. The van der Waals surface area contributed by atoms with Gasteiger partial charge in [-0.2, -0.15) is 0 Å². The maximum Gasteiger partial charge on any atom is 0.260 e. The molecule has 1 atom stereocenters. The average molecular weight is 237 g/mol. The summed E-state index contributed by atoms with van der Waals surface area (Å²) >= 11 is 0. The van der Waals surface area contributed by atoms with Crippen LogP contribution in [0.2, 0.25) is 0 Å². The quantitative estimate of drug-likeness (QED) is 0.763. The van der Waals surface area contributed by atoms with E-state index < -0.39 is 6.10 Å². The Hall–Kier alpha value is -1.55. The molecular formula is C13H19NO3. The van der Waals surface area contributed by atoms with Crippen molar-refractivity contribution in [3.05, 3.63) is 29.8 Å². The molecule has 0 aliphatic carbocycles. The first-order valence-corrected chi connectivity index (χ1v) is 5.63. The number of hydrogen-bond donors (Lipinski definition) is 1. The Labute approximate surface area is 102 Å². The van der Waals surface area contributed by atoms with Crippen LogP contribution < -0.4 is 10.1 Å². The van der Waals surface area contributed by atoms with Gasteiger partial charge in [0.15, 0.2) is 6.10 Å². The summed E-state index contributed by atoms with van der Waals surface area (Å²) in [5.41, 5.74) is 1.11. The second kappa shape index (κ2) is 6.91. The van der Waals surface area contributed by atoms with Crippen LogP contribution in [0.3, 0.4) is 0 Å². The van der Waals surface area contributed by atoms with E-state index in [0.717, 1.165) is 5.56 Å². The Kier molecular flexibility index (Phi) is 5.49. The van der Waals surface area contributed by atoms with Crippen LogP contribution in [-0.2, 0) is 9.53 Å². The van der Waals surface area contributed by atoms with Crippen molar-refractivity contribution >= 4 is 5.91 Å². The number of carbonyl (C=O) groups excluding carboxylic acids is 1. The molecule has 4 nitrogen and oxygen atoms in total. The summed E-state index contributed by atoms with van der Waals surface area (Å²) in [6.07, 6.45) is -0.506. The highest BCUT2D eigenvalue weighted by Gasteiger charge is 2.13. The van der Waals surface area contributed by atoms with E-state index in [1.807, 2.05) is 31.2 Å². The summed E-state index contributed by atoms with van der Waals surface area (Å²) in [6, 6.07) is 7.63. The van der Waals surface area contributed by atoms with Crippen LogP contribution in [0.15, 0.2) is 24.3 Å². The minimum Gasteiger partial charge on any atom is -0.481 e. The van der Waals surface area contributed by atoms with Gasteiger partial charge in [0.25, 0.3) is 5.91 Å². The molecule has 0 aromatic heterocycles. The molecule has 1 aromatic carbocycles. The Morgan fingerprint density at radius 1 is 1.47 bits per heavy atom. The zero-order valence-corrected chi connectivity index (χ0v) is 10.5. The molecular weight excluding hydrogens is 218 g/mol. The number of carbonyl (C=O) groups is 1. The maximum atomic E-state index is 11.6. The highest BCUT2D eigenvalue weighted by atomic mass is 16.5. The van der Waals surface area contributed by atoms with Crippen molar-refractivity contribution in [1.29, 1.82) is 0 Å². The topological polar surface area (TPSA) is 47.6 Å². The lowest BCUT2D eigenvalue weighted by Crippen LogP contribution is -2.37. The standard InChI is InChI=1S/C13H19NO3/c1-10-5-4-6-12(9-10)17-11(2)13(15)14-7-8-16-3/h4-6,9,11H,7-8H2,1-3H3,(H,14,15)/t11-/m1/s1. The first-order chi connectivity index (χ1) is 8.13. The number of benzene rings is 1. The molecule has 4 heteroatoms. The van der Waals surface area contributed by atoms with Gasteiger partial charge in [0.1, 0.15) is 5.75 Å². The van der Waals surface area contributed by atoms with Crippen molar-refractivity contribution in [2.24, 2.45) is 0 Å². The second-order valence-corrected chi connectivity index (χ2v) is 3.86. The van der Waals surface area contributed by atoms with E-state index in [4.69, 9.17) is 9.47 Å². The minimum atomic E-state index is -0.506. The van der Waals surface area contributed by atoms with E-state index in [0.29, 0.717) is 18.9 Å². The highest BCUT2D eigenvalue weighted by Crippen LogP contribution is 2.14. The summed E-state index contributed by atoms with van der Waals surface area (Å²) in [5, 5.41) is 2.73. The molecule has 0 unspecified atom stereocenters. The number of aryl methyl sites for hydroxylation is 1. The van der Waals surface area contributed by atoms with E-state index in [1.54, 1.807) is 14.0 Å². The molecule has 1 amide bonds. The smallest absolute Gasteiger partial charge is 0.260 e. The normalized spacial score (nSPS) is 11.9. The van der Waals surface area contributed by atoms with Crippen molar-refractivity contribution in [1.82, 2.24) is 5.32 Å². The number of nitrogens with one attached hydrogen (secondary N) is 1. The number of ether oxygens (including phenoxy) is 2. The van der Waals surface area contributed by atoms with Crippen LogP contribution in [0.1, 0.15) is 12.5 Å². The van der Waals surface area contributed by atoms with Gasteiger partial charge in [0.05, 0.1) is 6.61 Å². The molecule has 0 heterocycles. The summed E-state index contributed by atoms with van der Waals surface area (Å²) < 4.78 is 10.4.